The van der Waals surface area contributed by atoms with Gasteiger partial charge in [0.05, 0.1) is 49.7 Å². The molecule has 0 radical (unpaired) electrons. The summed E-state index contributed by atoms with van der Waals surface area (Å²) in [5.74, 6) is -0.368. The van der Waals surface area contributed by atoms with Crippen LogP contribution >= 0.6 is 0 Å². The van der Waals surface area contributed by atoms with Crippen LogP contribution in [0, 0.1) is 23.2 Å². The summed E-state index contributed by atoms with van der Waals surface area (Å²) in [6.45, 7) is 8.28. The van der Waals surface area contributed by atoms with Crippen molar-refractivity contribution in [2.75, 3.05) is 27.4 Å². The number of hydrogen-bond donors (Lipinski definition) is 0. The lowest BCUT2D eigenvalue weighted by atomic mass is 9.77. The highest BCUT2D eigenvalue weighted by atomic mass is 16.6. The number of hydrogen-bond acceptors (Lipinski definition) is 9. The van der Waals surface area contributed by atoms with Crippen LogP contribution in [-0.4, -0.2) is 78.1 Å². The first-order chi connectivity index (χ1) is 21.5. The number of methoxy groups -OCH3 is 2. The van der Waals surface area contributed by atoms with Gasteiger partial charge in [0.1, 0.15) is 29.4 Å². The van der Waals surface area contributed by atoms with Crippen LogP contribution < -0.4 is 9.47 Å². The smallest absolute Gasteiger partial charge is 0.307 e. The Balaban J connectivity index is 1.55. The predicted molar refractivity (Wildman–Crippen MR) is 169 cm³/mol. The molecule has 1 saturated carbocycles. The molecule has 2 aromatic rings. The molecule has 1 aliphatic carbocycles. The standard InChI is InChI=1S/C35H49N3O7/c1-34(2,3)25-18-31(40)45-35(4)16-10-12-22(35)11-8-7-9-13-27-32(37-28-17-23(43-6)14-15-26(28)36-27)44-30-19-38(33(25)41)29(20-39)24(30)21-42-5/h14-15,17,20,22,24-25,29-30H,7-13,16,18-19,21H2,1-6H3/t22-,24+,25-,29-,30+,35-/m1/s1. The molecule has 10 heteroatoms. The van der Waals surface area contributed by atoms with Crippen molar-refractivity contribution in [3.8, 4) is 11.6 Å². The lowest BCUT2D eigenvalue weighted by molar-refractivity contribution is -0.167. The number of fused-ring (bicyclic) bond motifs is 5. The first-order valence-corrected chi connectivity index (χ1v) is 16.4. The molecule has 0 N–H and O–H groups in total. The maximum atomic E-state index is 14.3. The lowest BCUT2D eigenvalue weighted by Crippen LogP contribution is -2.47. The number of carbonyl (C=O) groups excluding carboxylic acids is 3. The van der Waals surface area contributed by atoms with E-state index in [4.69, 9.17) is 28.9 Å². The Hall–Kier alpha value is -3.27. The molecule has 3 heterocycles. The SMILES string of the molecule is COC[C@@H]1[C@@H]2CN(C(=O)[C@H](C(C)(C)C)CC(=O)O[C@]3(C)CCC[C@H]3CCCCCc3nc4ccc(OC)cc4nc3O2)[C@@H]1C=O. The second kappa shape index (κ2) is 13.6. The van der Waals surface area contributed by atoms with Gasteiger partial charge in [0.25, 0.3) is 0 Å². The van der Waals surface area contributed by atoms with Gasteiger partial charge in [-0.1, -0.05) is 33.6 Å². The summed E-state index contributed by atoms with van der Waals surface area (Å²) in [5.41, 5.74) is 1.06. The average Bonchev–Trinajstić information content (AvgIpc) is 3.53. The van der Waals surface area contributed by atoms with Gasteiger partial charge in [-0.15, -0.1) is 0 Å². The number of ether oxygens (including phenoxy) is 4. The van der Waals surface area contributed by atoms with Gasteiger partial charge in [0, 0.05) is 19.1 Å². The van der Waals surface area contributed by atoms with Crippen molar-refractivity contribution < 1.29 is 33.3 Å². The summed E-state index contributed by atoms with van der Waals surface area (Å²) in [4.78, 5) is 51.9. The summed E-state index contributed by atoms with van der Waals surface area (Å²) in [6.07, 6.45) is 7.64. The second-order valence-electron chi connectivity index (χ2n) is 14.3. The summed E-state index contributed by atoms with van der Waals surface area (Å²) in [7, 11) is 3.18. The van der Waals surface area contributed by atoms with E-state index in [1.54, 1.807) is 19.1 Å². The van der Waals surface area contributed by atoms with Gasteiger partial charge in [-0.25, -0.2) is 9.97 Å². The van der Waals surface area contributed by atoms with Gasteiger partial charge in [0.2, 0.25) is 11.8 Å². The number of aromatic nitrogens is 2. The third-order valence-electron chi connectivity index (χ3n) is 10.2. The Bertz CT molecular complexity index is 1390. The second-order valence-corrected chi connectivity index (χ2v) is 14.3. The van der Waals surface area contributed by atoms with E-state index in [9.17, 15) is 14.4 Å². The molecule has 2 bridgehead atoms. The van der Waals surface area contributed by atoms with Crippen LogP contribution in [0.25, 0.3) is 11.0 Å². The molecule has 0 unspecified atom stereocenters. The topological polar surface area (TPSA) is 117 Å². The zero-order chi connectivity index (χ0) is 32.4. The fraction of sp³-hybridized carbons (Fsp3) is 0.686. The first kappa shape index (κ1) is 33.1. The fourth-order valence-electron chi connectivity index (χ4n) is 7.50. The van der Waals surface area contributed by atoms with Crippen LogP contribution in [-0.2, 0) is 30.3 Å². The van der Waals surface area contributed by atoms with Crippen LogP contribution in [0.3, 0.4) is 0 Å². The monoisotopic (exact) mass is 623 g/mol. The van der Waals surface area contributed by atoms with Crippen molar-refractivity contribution in [2.24, 2.45) is 23.2 Å². The molecule has 10 nitrogen and oxygen atoms in total. The van der Waals surface area contributed by atoms with Crippen molar-refractivity contribution in [3.05, 3.63) is 23.9 Å². The minimum Gasteiger partial charge on any atom is -0.497 e. The van der Waals surface area contributed by atoms with Crippen molar-refractivity contribution in [1.82, 2.24) is 14.9 Å². The molecule has 3 aliphatic rings. The van der Waals surface area contributed by atoms with Crippen LogP contribution in [0.5, 0.6) is 11.6 Å². The molecule has 1 saturated heterocycles. The number of carbonyl (C=O) groups is 3. The molecule has 6 atom stereocenters. The molecule has 45 heavy (non-hydrogen) atoms. The molecule has 2 aliphatic heterocycles. The summed E-state index contributed by atoms with van der Waals surface area (Å²) in [5, 5.41) is 0. The summed E-state index contributed by atoms with van der Waals surface area (Å²) >= 11 is 0. The van der Waals surface area contributed by atoms with Gasteiger partial charge in [0.15, 0.2) is 0 Å². The molecule has 1 aromatic carbocycles. The molecule has 2 fully saturated rings. The minimum absolute atomic E-state index is 0.0463. The quantitative estimate of drug-likeness (QED) is 0.329. The van der Waals surface area contributed by atoms with Crippen LogP contribution in [0.1, 0.15) is 84.8 Å². The molecule has 1 aromatic heterocycles. The number of esters is 1. The van der Waals surface area contributed by atoms with Gasteiger partial charge < -0.3 is 28.6 Å². The van der Waals surface area contributed by atoms with E-state index in [1.807, 2.05) is 39.0 Å². The van der Waals surface area contributed by atoms with Gasteiger partial charge >= 0.3 is 5.97 Å². The molecular formula is C35H49N3O7. The maximum absolute atomic E-state index is 14.3. The molecule has 0 spiro atoms. The zero-order valence-corrected chi connectivity index (χ0v) is 27.7. The summed E-state index contributed by atoms with van der Waals surface area (Å²) < 4.78 is 23.8. The zero-order valence-electron chi connectivity index (χ0n) is 27.7. The lowest BCUT2D eigenvalue weighted by Gasteiger charge is -2.36. The number of nitrogens with zero attached hydrogens (tertiary/aromatic N) is 3. The van der Waals surface area contributed by atoms with E-state index in [2.05, 4.69) is 6.92 Å². The first-order valence-electron chi connectivity index (χ1n) is 16.4. The third kappa shape index (κ3) is 7.11. The van der Waals surface area contributed by atoms with Crippen LogP contribution in [0.2, 0.25) is 0 Å². The Morgan fingerprint density at radius 1 is 1.07 bits per heavy atom. The van der Waals surface area contributed by atoms with Gasteiger partial charge in [-0.2, -0.15) is 0 Å². The van der Waals surface area contributed by atoms with Gasteiger partial charge in [-0.3, -0.25) is 9.59 Å². The summed E-state index contributed by atoms with van der Waals surface area (Å²) in [6, 6.07) is 4.81. The fourth-order valence-corrected chi connectivity index (χ4v) is 7.50. The molecule has 246 valence electrons. The number of benzene rings is 1. The molecule has 5 rings (SSSR count). The Morgan fingerprint density at radius 2 is 1.84 bits per heavy atom. The van der Waals surface area contributed by atoms with E-state index in [-0.39, 0.29) is 37.4 Å². The van der Waals surface area contributed by atoms with Crippen molar-refractivity contribution in [1.29, 1.82) is 0 Å². The van der Waals surface area contributed by atoms with Gasteiger partial charge in [-0.05, 0) is 68.9 Å². The number of amides is 1. The van der Waals surface area contributed by atoms with E-state index in [1.165, 1.54) is 0 Å². The minimum atomic E-state index is -0.779. The Labute approximate surface area is 266 Å². The number of aldehydes is 1. The third-order valence-corrected chi connectivity index (χ3v) is 10.2. The van der Waals surface area contributed by atoms with E-state index in [0.29, 0.717) is 23.6 Å². The molecular weight excluding hydrogens is 574 g/mol. The van der Waals surface area contributed by atoms with E-state index < -0.39 is 35.0 Å². The van der Waals surface area contributed by atoms with E-state index >= 15 is 0 Å². The average molecular weight is 624 g/mol. The van der Waals surface area contributed by atoms with Crippen LogP contribution in [0.4, 0.5) is 0 Å². The normalized spacial score (nSPS) is 30.1. The van der Waals surface area contributed by atoms with Crippen LogP contribution in [0.15, 0.2) is 18.2 Å². The largest absolute Gasteiger partial charge is 0.497 e. The highest BCUT2D eigenvalue weighted by Gasteiger charge is 2.50. The highest BCUT2D eigenvalue weighted by Crippen LogP contribution is 2.43. The van der Waals surface area contributed by atoms with Crippen molar-refractivity contribution >= 4 is 29.2 Å². The Morgan fingerprint density at radius 3 is 2.56 bits per heavy atom. The number of aryl methyl sites for hydroxylation is 1. The maximum Gasteiger partial charge on any atom is 0.307 e. The predicted octanol–water partition coefficient (Wildman–Crippen LogP) is 5.33. The number of rotatable bonds is 4. The highest BCUT2D eigenvalue weighted by molar-refractivity contribution is 5.87. The van der Waals surface area contributed by atoms with Crippen molar-refractivity contribution in [2.45, 2.75) is 103 Å². The van der Waals surface area contributed by atoms with E-state index in [0.717, 1.165) is 62.4 Å². The van der Waals surface area contributed by atoms with Crippen molar-refractivity contribution in [3.63, 3.8) is 0 Å². The Kier molecular flexibility index (Phi) is 10.0. The molecule has 1 amide bonds.